The van der Waals surface area contributed by atoms with E-state index in [4.69, 9.17) is 19.7 Å². The third-order valence-electron chi connectivity index (χ3n) is 8.78. The monoisotopic (exact) mass is 593 g/mol. The van der Waals surface area contributed by atoms with E-state index in [1.165, 1.54) is 0 Å². The molecule has 4 heteroatoms. The predicted octanol–water partition coefficient (Wildman–Crippen LogP) is 10.6. The fraction of sp³-hybridized carbons (Fsp3) is 0.0714. The Bertz CT molecular complexity index is 2110. The van der Waals surface area contributed by atoms with Crippen molar-refractivity contribution in [1.82, 2.24) is 15.0 Å². The molecule has 0 radical (unpaired) electrons. The van der Waals surface area contributed by atoms with E-state index in [9.17, 15) is 0 Å². The van der Waals surface area contributed by atoms with Crippen molar-refractivity contribution in [3.63, 3.8) is 0 Å². The molecule has 8 rings (SSSR count). The molecule has 0 amide bonds. The second-order valence-electron chi connectivity index (χ2n) is 12.1. The summed E-state index contributed by atoms with van der Waals surface area (Å²) in [6.45, 7) is 4.48. The van der Waals surface area contributed by atoms with E-state index in [0.29, 0.717) is 17.5 Å². The smallest absolute Gasteiger partial charge is 0.164 e. The first-order valence-electron chi connectivity index (χ1n) is 15.5. The molecule has 0 aliphatic carbocycles. The largest absolute Gasteiger partial charge is 0.457 e. The van der Waals surface area contributed by atoms with Crippen molar-refractivity contribution in [2.24, 2.45) is 0 Å². The highest BCUT2D eigenvalue weighted by atomic mass is 16.5. The van der Waals surface area contributed by atoms with Gasteiger partial charge >= 0.3 is 0 Å². The predicted molar refractivity (Wildman–Crippen MR) is 186 cm³/mol. The average Bonchev–Trinajstić information content (AvgIpc) is 3.12. The zero-order valence-electron chi connectivity index (χ0n) is 25.7. The number of nitrogens with zero attached hydrogens (tertiary/aromatic N) is 3. The topological polar surface area (TPSA) is 47.9 Å². The molecule has 220 valence electrons. The molecule has 0 spiro atoms. The van der Waals surface area contributed by atoms with Crippen molar-refractivity contribution < 1.29 is 4.74 Å². The van der Waals surface area contributed by atoms with Gasteiger partial charge in [-0.15, -0.1) is 0 Å². The van der Waals surface area contributed by atoms with Crippen LogP contribution in [0.15, 0.2) is 152 Å². The number of ether oxygens (including phenoxy) is 1. The number of fused-ring (bicyclic) bond motifs is 2. The van der Waals surface area contributed by atoms with Crippen LogP contribution in [0.1, 0.15) is 25.0 Å². The minimum atomic E-state index is -0.257. The zero-order valence-corrected chi connectivity index (χ0v) is 25.7. The maximum Gasteiger partial charge on any atom is 0.164 e. The first-order chi connectivity index (χ1) is 22.5. The van der Waals surface area contributed by atoms with Crippen molar-refractivity contribution >= 4 is 0 Å². The molecule has 1 aromatic heterocycles. The summed E-state index contributed by atoms with van der Waals surface area (Å²) in [5.41, 5.74) is 9.29. The number of benzene rings is 6. The molecule has 0 fully saturated rings. The lowest BCUT2D eigenvalue weighted by atomic mass is 9.75. The van der Waals surface area contributed by atoms with Crippen molar-refractivity contribution in [1.29, 1.82) is 0 Å². The minimum absolute atomic E-state index is 0.257. The summed E-state index contributed by atoms with van der Waals surface area (Å²) in [6.07, 6.45) is 0. The van der Waals surface area contributed by atoms with Crippen LogP contribution >= 0.6 is 0 Å². The molecule has 0 saturated carbocycles. The van der Waals surface area contributed by atoms with Crippen molar-refractivity contribution in [2.75, 3.05) is 0 Å². The molecule has 1 aliphatic rings. The van der Waals surface area contributed by atoms with Gasteiger partial charge < -0.3 is 4.74 Å². The number of aromatic nitrogens is 3. The molecule has 4 nitrogen and oxygen atoms in total. The molecular weight excluding hydrogens is 562 g/mol. The summed E-state index contributed by atoms with van der Waals surface area (Å²) in [7, 11) is 0. The number of hydrogen-bond acceptors (Lipinski definition) is 4. The van der Waals surface area contributed by atoms with E-state index < -0.39 is 0 Å². The number of rotatable bonds is 5. The molecule has 0 bridgehead atoms. The Labute approximate surface area is 269 Å². The van der Waals surface area contributed by atoms with Gasteiger partial charge in [0.2, 0.25) is 0 Å². The molecule has 46 heavy (non-hydrogen) atoms. The zero-order chi connectivity index (χ0) is 31.1. The Balaban J connectivity index is 1.29. The fourth-order valence-corrected chi connectivity index (χ4v) is 6.28. The van der Waals surface area contributed by atoms with E-state index in [-0.39, 0.29) is 5.41 Å². The van der Waals surface area contributed by atoms with E-state index in [1.54, 1.807) is 0 Å². The summed E-state index contributed by atoms with van der Waals surface area (Å²) >= 11 is 0. The van der Waals surface area contributed by atoms with Crippen LogP contribution in [0.25, 0.3) is 56.4 Å². The molecule has 1 aliphatic heterocycles. The van der Waals surface area contributed by atoms with Crippen LogP contribution in [0.3, 0.4) is 0 Å². The van der Waals surface area contributed by atoms with E-state index >= 15 is 0 Å². The number of para-hydroxylation sites is 1. The van der Waals surface area contributed by atoms with Crippen molar-refractivity contribution in [3.05, 3.63) is 163 Å². The Morgan fingerprint density at radius 2 is 0.804 bits per heavy atom. The van der Waals surface area contributed by atoms with Crippen LogP contribution in [0.5, 0.6) is 11.5 Å². The third-order valence-corrected chi connectivity index (χ3v) is 8.78. The van der Waals surface area contributed by atoms with Crippen molar-refractivity contribution in [3.8, 4) is 67.9 Å². The van der Waals surface area contributed by atoms with Gasteiger partial charge in [-0.05, 0) is 58.7 Å². The van der Waals surface area contributed by atoms with Crippen LogP contribution in [0.2, 0.25) is 0 Å². The Morgan fingerprint density at radius 1 is 0.370 bits per heavy atom. The van der Waals surface area contributed by atoms with Gasteiger partial charge in [0.15, 0.2) is 17.5 Å². The summed E-state index contributed by atoms with van der Waals surface area (Å²) in [5.74, 6) is 3.62. The van der Waals surface area contributed by atoms with Crippen molar-refractivity contribution in [2.45, 2.75) is 19.3 Å². The third kappa shape index (κ3) is 5.04. The molecule has 0 unspecified atom stereocenters. The quantitative estimate of drug-likeness (QED) is 0.199. The van der Waals surface area contributed by atoms with Crippen LogP contribution in [0, 0.1) is 0 Å². The molecule has 6 aromatic carbocycles. The second kappa shape index (κ2) is 11.2. The Kier molecular flexibility index (Phi) is 6.76. The highest BCUT2D eigenvalue weighted by molar-refractivity contribution is 5.75. The highest BCUT2D eigenvalue weighted by Gasteiger charge is 2.34. The SMILES string of the molecule is CC1(C)c2ccccc2Oc2ccc(-c3nc(-c4cccc(-c5ccccc5)c4)nc(-c4cccc(-c5ccccc5)c4)n3)cc21. The maximum atomic E-state index is 6.35. The number of hydrogen-bond donors (Lipinski definition) is 0. The average molecular weight is 594 g/mol. The standard InChI is InChI=1S/C42H31N3O/c1-42(2)35-21-9-10-22-37(35)46-38-24-23-34(27-36(38)42)41-44-39(32-19-11-17-30(25-32)28-13-5-3-6-14-28)43-40(45-41)33-20-12-18-31(26-33)29-15-7-4-8-16-29/h3-27H,1-2H3. The molecule has 2 heterocycles. The first-order valence-corrected chi connectivity index (χ1v) is 15.5. The minimum Gasteiger partial charge on any atom is -0.457 e. The lowest BCUT2D eigenvalue weighted by Gasteiger charge is -2.34. The van der Waals surface area contributed by atoms with E-state index in [0.717, 1.165) is 61.6 Å². The van der Waals surface area contributed by atoms with Crippen LogP contribution < -0.4 is 4.74 Å². The van der Waals surface area contributed by atoms with Gasteiger partial charge in [-0.2, -0.15) is 0 Å². The Morgan fingerprint density at radius 3 is 1.37 bits per heavy atom. The molecule has 0 N–H and O–H groups in total. The van der Waals surface area contributed by atoms with E-state index in [1.807, 2.05) is 36.4 Å². The summed E-state index contributed by atoms with van der Waals surface area (Å²) in [6, 6.07) is 52.1. The van der Waals surface area contributed by atoms with Gasteiger partial charge in [-0.3, -0.25) is 0 Å². The second-order valence-corrected chi connectivity index (χ2v) is 12.1. The molecule has 7 aromatic rings. The van der Waals surface area contributed by atoms with Gasteiger partial charge in [-0.25, -0.2) is 15.0 Å². The summed E-state index contributed by atoms with van der Waals surface area (Å²) < 4.78 is 6.35. The van der Waals surface area contributed by atoms with Gasteiger partial charge in [0.05, 0.1) is 0 Å². The normalized spacial score (nSPS) is 12.9. The molecule has 0 saturated heterocycles. The highest BCUT2D eigenvalue weighted by Crippen LogP contribution is 2.48. The van der Waals surface area contributed by atoms with Crippen LogP contribution in [-0.2, 0) is 5.41 Å². The maximum absolute atomic E-state index is 6.35. The van der Waals surface area contributed by atoms with Gasteiger partial charge in [0.1, 0.15) is 11.5 Å². The van der Waals surface area contributed by atoms with Gasteiger partial charge in [0, 0.05) is 33.2 Å². The van der Waals surface area contributed by atoms with Gasteiger partial charge in [0.25, 0.3) is 0 Å². The summed E-state index contributed by atoms with van der Waals surface area (Å²) in [5, 5.41) is 0. The molecule has 0 atom stereocenters. The van der Waals surface area contributed by atoms with Crippen LogP contribution in [-0.4, -0.2) is 15.0 Å². The van der Waals surface area contributed by atoms with Gasteiger partial charge in [-0.1, -0.05) is 129 Å². The lowest BCUT2D eigenvalue weighted by molar-refractivity contribution is 0.418. The first kappa shape index (κ1) is 27.7. The molecular formula is C42H31N3O. The lowest BCUT2D eigenvalue weighted by Crippen LogP contribution is -2.24. The van der Waals surface area contributed by atoms with Crippen LogP contribution in [0.4, 0.5) is 0 Å². The summed E-state index contributed by atoms with van der Waals surface area (Å²) in [4.78, 5) is 15.3. The van der Waals surface area contributed by atoms with E-state index in [2.05, 4.69) is 129 Å². The fourth-order valence-electron chi connectivity index (χ4n) is 6.28. The Hall–Kier alpha value is -5.87.